The molecular formula is C28H27N5O12S2. The fourth-order valence-corrected chi connectivity index (χ4v) is 5.17. The van der Waals surface area contributed by atoms with Gasteiger partial charge in [-0.2, -0.15) is 0 Å². The molecule has 19 heteroatoms. The summed E-state index contributed by atoms with van der Waals surface area (Å²) in [6, 6.07) is 22.5. The summed E-state index contributed by atoms with van der Waals surface area (Å²) in [5.74, 6) is -2.95. The molecule has 47 heavy (non-hydrogen) atoms. The zero-order valence-electron chi connectivity index (χ0n) is 24.5. The van der Waals surface area contributed by atoms with Crippen molar-refractivity contribution >= 4 is 37.5 Å². The van der Waals surface area contributed by atoms with Gasteiger partial charge in [-0.3, -0.25) is 4.79 Å². The lowest BCUT2D eigenvalue weighted by molar-refractivity contribution is -0.391. The van der Waals surface area contributed by atoms with Gasteiger partial charge in [-0.1, -0.05) is 60.7 Å². The number of methoxy groups -OCH3 is 1. The summed E-state index contributed by atoms with van der Waals surface area (Å²) in [4.78, 5) is 38.6. The maximum Gasteiger partial charge on any atom is 0.407 e. The van der Waals surface area contributed by atoms with Crippen molar-refractivity contribution in [2.75, 3.05) is 12.9 Å². The highest BCUT2D eigenvalue weighted by Crippen LogP contribution is 2.28. The van der Waals surface area contributed by atoms with Gasteiger partial charge in [0.1, 0.15) is 13.2 Å². The zero-order chi connectivity index (χ0) is 34.6. The Morgan fingerprint density at radius 3 is 1.55 bits per heavy atom. The zero-order valence-corrected chi connectivity index (χ0v) is 26.1. The van der Waals surface area contributed by atoms with E-state index >= 15 is 0 Å². The molecule has 4 aromatic rings. The Morgan fingerprint density at radius 2 is 1.15 bits per heavy atom. The number of hydrogen-bond donors (Lipinski definition) is 1. The highest BCUT2D eigenvalue weighted by atomic mass is 32.2. The van der Waals surface area contributed by atoms with E-state index in [0.29, 0.717) is 0 Å². The predicted octanol–water partition coefficient (Wildman–Crippen LogP) is 3.12. The van der Waals surface area contributed by atoms with Crippen molar-refractivity contribution in [3.63, 3.8) is 0 Å². The van der Waals surface area contributed by atoms with Gasteiger partial charge in [-0.25, -0.2) is 22.0 Å². The smallest absolute Gasteiger partial charge is 0.407 e. The minimum atomic E-state index is -4.11. The molecule has 4 rings (SSSR count). The predicted molar refractivity (Wildman–Crippen MR) is 163 cm³/mol. The SMILES string of the molecule is COC(=O)CCS(=O)(=O)c1ccc(OCc2ccccc2)c([N+](=O)[O-])n1.NS(=O)(=O)c1ccc(OCc2ccccc2)c([N+](=O)[O-])n1. The van der Waals surface area contributed by atoms with Gasteiger partial charge in [-0.05, 0) is 43.1 Å². The largest absolute Gasteiger partial charge is 0.481 e. The van der Waals surface area contributed by atoms with Crippen LogP contribution >= 0.6 is 0 Å². The van der Waals surface area contributed by atoms with Crippen LogP contribution in [0.1, 0.15) is 17.5 Å². The fraction of sp³-hybridized carbons (Fsp3) is 0.179. The molecule has 0 atom stereocenters. The van der Waals surface area contributed by atoms with Gasteiger partial charge in [0.05, 0.1) is 19.3 Å². The van der Waals surface area contributed by atoms with Crippen LogP contribution in [0.4, 0.5) is 11.6 Å². The van der Waals surface area contributed by atoms with E-state index in [1.807, 2.05) is 12.1 Å². The van der Waals surface area contributed by atoms with E-state index in [1.165, 1.54) is 6.07 Å². The third-order valence-electron chi connectivity index (χ3n) is 5.86. The Morgan fingerprint density at radius 1 is 0.723 bits per heavy atom. The van der Waals surface area contributed by atoms with Crippen molar-refractivity contribution in [1.29, 1.82) is 0 Å². The first-order valence-electron chi connectivity index (χ1n) is 13.2. The van der Waals surface area contributed by atoms with Crippen LogP contribution in [0.25, 0.3) is 0 Å². The quantitative estimate of drug-likeness (QED) is 0.120. The average Bonchev–Trinajstić information content (AvgIpc) is 3.05. The Labute approximate surface area is 268 Å². The van der Waals surface area contributed by atoms with Crippen LogP contribution in [-0.4, -0.2) is 55.5 Å². The molecule has 0 aliphatic heterocycles. The maximum absolute atomic E-state index is 12.2. The van der Waals surface area contributed by atoms with Crippen molar-refractivity contribution in [2.45, 2.75) is 29.7 Å². The number of nitrogens with zero attached hydrogens (tertiary/aromatic N) is 4. The lowest BCUT2D eigenvalue weighted by Gasteiger charge is -2.07. The number of pyridine rings is 2. The van der Waals surface area contributed by atoms with Crippen molar-refractivity contribution < 1.29 is 45.7 Å². The van der Waals surface area contributed by atoms with E-state index in [4.69, 9.17) is 14.6 Å². The number of rotatable bonds is 13. The third kappa shape index (κ3) is 10.8. The summed E-state index contributed by atoms with van der Waals surface area (Å²) in [5.41, 5.74) is 1.60. The second kappa shape index (κ2) is 16.2. The maximum atomic E-state index is 12.2. The highest BCUT2D eigenvalue weighted by molar-refractivity contribution is 7.91. The third-order valence-corrected chi connectivity index (χ3v) is 8.28. The molecule has 0 saturated heterocycles. The normalized spacial score (nSPS) is 11.0. The van der Waals surface area contributed by atoms with E-state index in [1.54, 1.807) is 48.5 Å². The molecule has 0 aliphatic rings. The molecule has 0 amide bonds. The second-order valence-corrected chi connectivity index (χ2v) is 12.8. The van der Waals surface area contributed by atoms with Crippen LogP contribution in [0, 0.1) is 20.2 Å². The first kappa shape index (κ1) is 35.9. The number of sulfonamides is 1. The van der Waals surface area contributed by atoms with Crippen LogP contribution in [0.2, 0.25) is 0 Å². The number of nitro groups is 2. The number of aromatic nitrogens is 2. The molecule has 0 bridgehead atoms. The Kier molecular flexibility index (Phi) is 12.4. The topological polar surface area (TPSA) is 251 Å². The first-order chi connectivity index (χ1) is 22.2. The van der Waals surface area contributed by atoms with Gasteiger partial charge in [0, 0.05) is 12.1 Å². The number of ether oxygens (including phenoxy) is 3. The number of primary sulfonamides is 1. The van der Waals surface area contributed by atoms with Crippen molar-refractivity contribution in [2.24, 2.45) is 5.14 Å². The molecule has 0 fully saturated rings. The Balaban J connectivity index is 0.000000261. The van der Waals surface area contributed by atoms with Crippen molar-refractivity contribution in [3.05, 3.63) is 116 Å². The molecule has 0 spiro atoms. The van der Waals surface area contributed by atoms with Crippen molar-refractivity contribution in [3.8, 4) is 11.5 Å². The van der Waals surface area contributed by atoms with Gasteiger partial charge >= 0.3 is 17.6 Å². The molecule has 0 aliphatic carbocycles. The van der Waals surface area contributed by atoms with E-state index in [2.05, 4.69) is 14.7 Å². The van der Waals surface area contributed by atoms with Gasteiger partial charge < -0.3 is 34.4 Å². The Hall–Kier alpha value is -5.53. The van der Waals surface area contributed by atoms with Crippen LogP contribution in [-0.2, 0) is 42.6 Å². The average molecular weight is 690 g/mol. The molecule has 17 nitrogen and oxygen atoms in total. The summed E-state index contributed by atoms with van der Waals surface area (Å²) >= 11 is 0. The minimum Gasteiger partial charge on any atom is -0.481 e. The van der Waals surface area contributed by atoms with E-state index < -0.39 is 63.1 Å². The van der Waals surface area contributed by atoms with Crippen LogP contribution < -0.4 is 14.6 Å². The summed E-state index contributed by atoms with van der Waals surface area (Å²) in [6.07, 6.45) is -0.374. The number of sulfone groups is 1. The van der Waals surface area contributed by atoms with E-state index in [-0.39, 0.29) is 31.1 Å². The molecule has 2 N–H and O–H groups in total. The van der Waals surface area contributed by atoms with Crippen LogP contribution in [0.15, 0.2) is 95.0 Å². The van der Waals surface area contributed by atoms with Crippen LogP contribution in [0.3, 0.4) is 0 Å². The number of nitrogens with two attached hydrogens (primary N) is 1. The van der Waals surface area contributed by atoms with Gasteiger partial charge in [0.15, 0.2) is 0 Å². The summed E-state index contributed by atoms with van der Waals surface area (Å²) in [5, 5.41) is 26.0. The number of hydrogen-bond acceptors (Lipinski definition) is 14. The van der Waals surface area contributed by atoms with Crippen molar-refractivity contribution in [1.82, 2.24) is 9.97 Å². The number of benzene rings is 2. The molecule has 0 radical (unpaired) electrons. The first-order valence-corrected chi connectivity index (χ1v) is 16.4. The molecule has 2 aromatic heterocycles. The molecular weight excluding hydrogens is 662 g/mol. The molecule has 248 valence electrons. The van der Waals surface area contributed by atoms with Gasteiger partial charge in [0.2, 0.25) is 21.3 Å². The van der Waals surface area contributed by atoms with E-state index in [0.717, 1.165) is 36.4 Å². The number of carbonyl (C=O) groups excluding carboxylic acids is 1. The standard InChI is InChI=1S/C16H16N2O7S.C12H11N3O5S/c1-24-15(19)9-10-26(22,23)14-8-7-13(16(17-14)18(20)21)25-11-12-5-3-2-4-6-12;13-21(18,19)11-7-6-10(12(14-11)15(16)17)20-8-9-4-2-1-3-5-9/h2-8H,9-11H2,1H3;1-7H,8H2,(H2,13,18,19). The molecule has 2 aromatic carbocycles. The van der Waals surface area contributed by atoms with E-state index in [9.17, 15) is 41.9 Å². The molecule has 2 heterocycles. The lowest BCUT2D eigenvalue weighted by Crippen LogP contribution is -2.15. The van der Waals surface area contributed by atoms with Gasteiger partial charge in [0.25, 0.3) is 20.1 Å². The van der Waals surface area contributed by atoms with Crippen LogP contribution in [0.5, 0.6) is 11.5 Å². The monoisotopic (exact) mass is 689 g/mol. The van der Waals surface area contributed by atoms with Gasteiger partial charge in [-0.15, -0.1) is 0 Å². The highest BCUT2D eigenvalue weighted by Gasteiger charge is 2.28. The summed E-state index contributed by atoms with van der Waals surface area (Å²) in [7, 11) is -6.96. The Bertz CT molecular complexity index is 1940. The minimum absolute atomic E-state index is 0.0673. The number of esters is 1. The second-order valence-electron chi connectivity index (χ2n) is 9.20. The lowest BCUT2D eigenvalue weighted by atomic mass is 10.2. The summed E-state index contributed by atoms with van der Waals surface area (Å²) in [6.45, 7) is 0.163. The summed E-state index contributed by atoms with van der Waals surface area (Å²) < 4.78 is 61.8. The fourth-order valence-electron chi connectivity index (χ4n) is 3.55. The number of carbonyl (C=O) groups is 1. The molecule has 0 saturated carbocycles. The molecule has 0 unspecified atom stereocenters.